The minimum atomic E-state index is 0.396. The highest BCUT2D eigenvalue weighted by Crippen LogP contribution is 2.32. The van der Waals surface area contributed by atoms with Gasteiger partial charge in [0, 0.05) is 6.04 Å². The van der Waals surface area contributed by atoms with Crippen molar-refractivity contribution < 1.29 is 0 Å². The molecule has 1 aliphatic carbocycles. The fraction of sp³-hybridized carbons (Fsp3) is 0.455. The van der Waals surface area contributed by atoms with Gasteiger partial charge in [0.25, 0.3) is 0 Å². The summed E-state index contributed by atoms with van der Waals surface area (Å²) in [6.45, 7) is 0. The fourth-order valence-electron chi connectivity index (χ4n) is 2.10. The standard InChI is InChI=1S/C11H15N/c12-11-8-4-7-10(11)9-5-2-1-3-6-9/h1-3,5-6,10-11H,4,7-8,12H2/t10?,11-/m1/s1. The molecular weight excluding hydrogens is 146 g/mol. The van der Waals surface area contributed by atoms with Crippen molar-refractivity contribution in [1.29, 1.82) is 0 Å². The van der Waals surface area contributed by atoms with Crippen molar-refractivity contribution in [1.82, 2.24) is 0 Å². The van der Waals surface area contributed by atoms with Crippen molar-refractivity contribution >= 4 is 0 Å². The van der Waals surface area contributed by atoms with Crippen molar-refractivity contribution in [3.63, 3.8) is 0 Å². The molecule has 1 nitrogen and oxygen atoms in total. The number of nitrogens with two attached hydrogens (primary N) is 1. The van der Waals surface area contributed by atoms with Crippen molar-refractivity contribution in [3.05, 3.63) is 35.9 Å². The zero-order chi connectivity index (χ0) is 8.39. The molecule has 0 saturated heterocycles. The molecule has 1 aromatic carbocycles. The number of hydrogen-bond acceptors (Lipinski definition) is 1. The molecule has 0 bridgehead atoms. The van der Waals surface area contributed by atoms with Crippen LogP contribution in [0.4, 0.5) is 0 Å². The van der Waals surface area contributed by atoms with Gasteiger partial charge in [-0.2, -0.15) is 0 Å². The van der Waals surface area contributed by atoms with Gasteiger partial charge >= 0.3 is 0 Å². The Morgan fingerprint density at radius 1 is 1.08 bits per heavy atom. The summed E-state index contributed by atoms with van der Waals surface area (Å²) in [6.07, 6.45) is 3.76. The van der Waals surface area contributed by atoms with E-state index in [1.54, 1.807) is 0 Å². The molecule has 0 aliphatic heterocycles. The average Bonchev–Trinajstić information content (AvgIpc) is 2.53. The van der Waals surface area contributed by atoms with Gasteiger partial charge in [-0.15, -0.1) is 0 Å². The van der Waals surface area contributed by atoms with E-state index in [0.717, 1.165) is 0 Å². The molecule has 64 valence electrons. The molecular formula is C11H15N. The Bertz CT molecular complexity index is 242. The first kappa shape index (κ1) is 7.81. The summed E-state index contributed by atoms with van der Waals surface area (Å²) in [5, 5.41) is 0. The van der Waals surface area contributed by atoms with Crippen molar-refractivity contribution in [2.24, 2.45) is 5.73 Å². The van der Waals surface area contributed by atoms with Gasteiger partial charge in [0.2, 0.25) is 0 Å². The van der Waals surface area contributed by atoms with E-state index in [1.165, 1.54) is 24.8 Å². The number of rotatable bonds is 1. The van der Waals surface area contributed by atoms with Gasteiger partial charge in [-0.3, -0.25) is 0 Å². The van der Waals surface area contributed by atoms with Crippen molar-refractivity contribution in [2.75, 3.05) is 0 Å². The highest BCUT2D eigenvalue weighted by molar-refractivity contribution is 5.22. The van der Waals surface area contributed by atoms with E-state index in [9.17, 15) is 0 Å². The Labute approximate surface area is 73.6 Å². The van der Waals surface area contributed by atoms with Gasteiger partial charge in [-0.05, 0) is 24.3 Å². The molecule has 2 N–H and O–H groups in total. The molecule has 0 amide bonds. The van der Waals surface area contributed by atoms with Crippen LogP contribution in [0.1, 0.15) is 30.7 Å². The van der Waals surface area contributed by atoms with Gasteiger partial charge in [0.05, 0.1) is 0 Å². The lowest BCUT2D eigenvalue weighted by atomic mass is 9.95. The van der Waals surface area contributed by atoms with Gasteiger partial charge < -0.3 is 5.73 Å². The largest absolute Gasteiger partial charge is 0.327 e. The third kappa shape index (κ3) is 1.37. The Kier molecular flexibility index (Phi) is 2.13. The third-order valence-corrected chi connectivity index (χ3v) is 2.80. The van der Waals surface area contributed by atoms with Crippen molar-refractivity contribution in [3.8, 4) is 0 Å². The van der Waals surface area contributed by atoms with Gasteiger partial charge in [0.1, 0.15) is 0 Å². The maximum Gasteiger partial charge on any atom is 0.0108 e. The first-order valence-corrected chi connectivity index (χ1v) is 4.68. The van der Waals surface area contributed by atoms with Crippen LogP contribution >= 0.6 is 0 Å². The molecule has 1 aliphatic rings. The quantitative estimate of drug-likeness (QED) is 0.672. The van der Waals surface area contributed by atoms with Gasteiger partial charge in [-0.25, -0.2) is 0 Å². The second-order valence-electron chi connectivity index (χ2n) is 3.61. The van der Waals surface area contributed by atoms with Crippen LogP contribution in [0.2, 0.25) is 0 Å². The first-order chi connectivity index (χ1) is 5.88. The highest BCUT2D eigenvalue weighted by atomic mass is 14.7. The Balaban J connectivity index is 2.19. The minimum Gasteiger partial charge on any atom is -0.327 e. The van der Waals surface area contributed by atoms with Crippen LogP contribution < -0.4 is 5.73 Å². The van der Waals surface area contributed by atoms with Crippen LogP contribution in [0.5, 0.6) is 0 Å². The van der Waals surface area contributed by atoms with E-state index < -0.39 is 0 Å². The zero-order valence-electron chi connectivity index (χ0n) is 7.24. The van der Waals surface area contributed by atoms with Crippen LogP contribution in [-0.2, 0) is 0 Å². The average molecular weight is 161 g/mol. The normalized spacial score (nSPS) is 29.1. The zero-order valence-corrected chi connectivity index (χ0v) is 7.24. The smallest absolute Gasteiger partial charge is 0.0108 e. The summed E-state index contributed by atoms with van der Waals surface area (Å²) in [6, 6.07) is 11.0. The molecule has 2 rings (SSSR count). The summed E-state index contributed by atoms with van der Waals surface area (Å²) < 4.78 is 0. The summed E-state index contributed by atoms with van der Waals surface area (Å²) >= 11 is 0. The van der Waals surface area contributed by atoms with Gasteiger partial charge in [0.15, 0.2) is 0 Å². The lowest BCUT2D eigenvalue weighted by molar-refractivity contribution is 0.613. The Morgan fingerprint density at radius 2 is 1.83 bits per heavy atom. The molecule has 1 unspecified atom stereocenters. The van der Waals surface area contributed by atoms with E-state index in [4.69, 9.17) is 5.73 Å². The predicted octanol–water partition coefficient (Wildman–Crippen LogP) is 2.28. The topological polar surface area (TPSA) is 26.0 Å². The molecule has 0 spiro atoms. The molecule has 0 aromatic heterocycles. The summed E-state index contributed by atoms with van der Waals surface area (Å²) in [7, 11) is 0. The fourth-order valence-corrected chi connectivity index (χ4v) is 2.10. The van der Waals surface area contributed by atoms with Crippen LogP contribution in [0.3, 0.4) is 0 Å². The summed E-state index contributed by atoms with van der Waals surface area (Å²) in [5.74, 6) is 0.617. The molecule has 0 radical (unpaired) electrons. The molecule has 1 heteroatoms. The first-order valence-electron chi connectivity index (χ1n) is 4.68. The maximum absolute atomic E-state index is 6.01. The van der Waals surface area contributed by atoms with E-state index in [-0.39, 0.29) is 0 Å². The van der Waals surface area contributed by atoms with Crippen LogP contribution in [0.15, 0.2) is 30.3 Å². The van der Waals surface area contributed by atoms with Crippen molar-refractivity contribution in [2.45, 2.75) is 31.2 Å². The maximum atomic E-state index is 6.01. The molecule has 2 atom stereocenters. The highest BCUT2D eigenvalue weighted by Gasteiger charge is 2.24. The van der Waals surface area contributed by atoms with E-state index in [0.29, 0.717) is 12.0 Å². The van der Waals surface area contributed by atoms with Crippen LogP contribution in [0, 0.1) is 0 Å². The van der Waals surface area contributed by atoms with E-state index >= 15 is 0 Å². The monoisotopic (exact) mass is 161 g/mol. The molecule has 1 saturated carbocycles. The Morgan fingerprint density at radius 3 is 2.42 bits per heavy atom. The van der Waals surface area contributed by atoms with E-state index in [1.807, 2.05) is 0 Å². The molecule has 12 heavy (non-hydrogen) atoms. The SMILES string of the molecule is N[C@@H]1CCCC1c1ccccc1. The lowest BCUT2D eigenvalue weighted by Crippen LogP contribution is -2.22. The second-order valence-corrected chi connectivity index (χ2v) is 3.61. The van der Waals surface area contributed by atoms with E-state index in [2.05, 4.69) is 30.3 Å². The third-order valence-electron chi connectivity index (χ3n) is 2.80. The second kappa shape index (κ2) is 3.28. The Hall–Kier alpha value is -0.820. The number of benzene rings is 1. The molecule has 0 heterocycles. The predicted molar refractivity (Wildman–Crippen MR) is 51.0 cm³/mol. The molecule has 1 fully saturated rings. The van der Waals surface area contributed by atoms with Crippen LogP contribution in [-0.4, -0.2) is 6.04 Å². The summed E-state index contributed by atoms with van der Waals surface area (Å²) in [5.41, 5.74) is 7.43. The number of hydrogen-bond donors (Lipinski definition) is 1. The van der Waals surface area contributed by atoms with Gasteiger partial charge in [-0.1, -0.05) is 36.8 Å². The lowest BCUT2D eigenvalue weighted by Gasteiger charge is -2.14. The minimum absolute atomic E-state index is 0.396. The molecule has 1 aromatic rings. The van der Waals surface area contributed by atoms with Crippen LogP contribution in [0.25, 0.3) is 0 Å². The summed E-state index contributed by atoms with van der Waals surface area (Å²) in [4.78, 5) is 0.